The minimum atomic E-state index is -0.804. The Morgan fingerprint density at radius 3 is 2.77 bits per heavy atom. The van der Waals surface area contributed by atoms with E-state index in [-0.39, 0.29) is 11.8 Å². The lowest BCUT2D eigenvalue weighted by molar-refractivity contribution is -0.0356. The Morgan fingerprint density at radius 2 is 2.08 bits per heavy atom. The molecule has 1 saturated carbocycles. The number of morpholine rings is 1. The molecule has 4 rings (SSSR count). The molecule has 1 saturated heterocycles. The summed E-state index contributed by atoms with van der Waals surface area (Å²) in [6.45, 7) is 2.38. The monoisotopic (exact) mass is 377 g/mol. The number of thiazole rings is 1. The number of carbonyl (C=O) groups excluding carboxylic acids is 1. The predicted molar refractivity (Wildman–Crippen MR) is 95.1 cm³/mol. The summed E-state index contributed by atoms with van der Waals surface area (Å²) in [5, 5.41) is 13.4. The van der Waals surface area contributed by atoms with Crippen molar-refractivity contribution in [3.05, 3.63) is 16.9 Å². The first-order valence-electron chi connectivity index (χ1n) is 8.38. The number of aliphatic hydroxyl groups is 1. The third kappa shape index (κ3) is 3.32. The van der Waals surface area contributed by atoms with Gasteiger partial charge in [0.2, 0.25) is 17.7 Å². The number of anilines is 3. The van der Waals surface area contributed by atoms with Crippen LogP contribution in [0.1, 0.15) is 34.8 Å². The molecule has 26 heavy (non-hydrogen) atoms. The van der Waals surface area contributed by atoms with Gasteiger partial charge in [0.15, 0.2) is 5.13 Å². The van der Waals surface area contributed by atoms with Crippen molar-refractivity contribution in [2.45, 2.75) is 24.9 Å². The lowest BCUT2D eigenvalue weighted by atomic mass is 9.79. The summed E-state index contributed by atoms with van der Waals surface area (Å²) in [5.41, 5.74) is 4.93. The molecule has 10 nitrogen and oxygen atoms in total. The minimum absolute atomic E-state index is 0.0183. The molecule has 2 fully saturated rings. The van der Waals surface area contributed by atoms with Crippen LogP contribution < -0.4 is 16.0 Å². The van der Waals surface area contributed by atoms with Crippen LogP contribution in [0.25, 0.3) is 0 Å². The normalized spacial score (nSPS) is 19.0. The zero-order chi connectivity index (χ0) is 18.1. The molecule has 2 aromatic heterocycles. The number of amides is 1. The third-order valence-corrected chi connectivity index (χ3v) is 5.61. The first-order valence-corrected chi connectivity index (χ1v) is 9.19. The maximum atomic E-state index is 12.5. The van der Waals surface area contributed by atoms with E-state index in [1.807, 2.05) is 4.90 Å². The van der Waals surface area contributed by atoms with Crippen LogP contribution in [0.15, 0.2) is 6.20 Å². The molecule has 138 valence electrons. The Hall–Kier alpha value is -2.37. The van der Waals surface area contributed by atoms with Crippen molar-refractivity contribution in [2.24, 2.45) is 0 Å². The standard InChI is InChI=1S/C15H19N7O3S/c16-12-18-10(19-13(21-12)22-4-6-25-7-5-22)11(23)20-14-17-8-9(26-14)15(24)2-1-3-15/h8,24H,1-7H2,(H,17,20,23)(H2,16,18,19,21). The minimum Gasteiger partial charge on any atom is -0.384 e. The highest BCUT2D eigenvalue weighted by atomic mass is 32.1. The predicted octanol–water partition coefficient (Wildman–Crippen LogP) is 0.371. The fourth-order valence-corrected chi connectivity index (χ4v) is 3.80. The van der Waals surface area contributed by atoms with Gasteiger partial charge in [0.05, 0.1) is 18.1 Å². The molecular weight excluding hydrogens is 358 g/mol. The van der Waals surface area contributed by atoms with Crippen molar-refractivity contribution < 1.29 is 14.6 Å². The first kappa shape index (κ1) is 17.1. The summed E-state index contributed by atoms with van der Waals surface area (Å²) >= 11 is 1.25. The molecule has 3 heterocycles. The molecule has 1 aliphatic carbocycles. The van der Waals surface area contributed by atoms with E-state index in [0.29, 0.717) is 37.4 Å². The number of ether oxygens (including phenoxy) is 1. The van der Waals surface area contributed by atoms with Gasteiger partial charge in [-0.15, -0.1) is 0 Å². The summed E-state index contributed by atoms with van der Waals surface area (Å²) in [6.07, 6.45) is 4.02. The van der Waals surface area contributed by atoms with Gasteiger partial charge in [-0.05, 0) is 19.3 Å². The topological polar surface area (TPSA) is 139 Å². The second-order valence-corrected chi connectivity index (χ2v) is 7.32. The van der Waals surface area contributed by atoms with Crippen LogP contribution >= 0.6 is 11.3 Å². The Bertz CT molecular complexity index is 817. The molecule has 0 unspecified atom stereocenters. The zero-order valence-electron chi connectivity index (χ0n) is 14.0. The van der Waals surface area contributed by atoms with Crippen LogP contribution in [0.3, 0.4) is 0 Å². The molecule has 2 aromatic rings. The number of carbonyl (C=O) groups is 1. The van der Waals surface area contributed by atoms with Gasteiger partial charge in [0, 0.05) is 19.3 Å². The highest BCUT2D eigenvalue weighted by Gasteiger charge is 2.38. The Labute approximate surface area is 153 Å². The van der Waals surface area contributed by atoms with Gasteiger partial charge in [0.25, 0.3) is 5.91 Å². The van der Waals surface area contributed by atoms with E-state index >= 15 is 0 Å². The van der Waals surface area contributed by atoms with Crippen molar-refractivity contribution in [3.8, 4) is 0 Å². The van der Waals surface area contributed by atoms with E-state index in [9.17, 15) is 9.90 Å². The molecule has 2 aliphatic rings. The van der Waals surface area contributed by atoms with Crippen molar-refractivity contribution >= 4 is 34.3 Å². The van der Waals surface area contributed by atoms with Crippen LogP contribution in [0.4, 0.5) is 17.0 Å². The summed E-state index contributed by atoms with van der Waals surface area (Å²) < 4.78 is 5.30. The van der Waals surface area contributed by atoms with Gasteiger partial charge in [-0.25, -0.2) is 4.98 Å². The number of nitrogens with one attached hydrogen (secondary N) is 1. The molecule has 1 amide bonds. The van der Waals surface area contributed by atoms with E-state index < -0.39 is 11.5 Å². The molecule has 4 N–H and O–H groups in total. The average Bonchev–Trinajstić information content (AvgIpc) is 3.08. The van der Waals surface area contributed by atoms with Crippen LogP contribution in [-0.2, 0) is 10.3 Å². The maximum Gasteiger partial charge on any atom is 0.295 e. The highest BCUT2D eigenvalue weighted by Crippen LogP contribution is 2.44. The molecule has 0 atom stereocenters. The molecule has 0 radical (unpaired) electrons. The van der Waals surface area contributed by atoms with Crippen LogP contribution in [-0.4, -0.2) is 57.3 Å². The van der Waals surface area contributed by atoms with Crippen LogP contribution in [0.2, 0.25) is 0 Å². The molecular formula is C15H19N7O3S. The van der Waals surface area contributed by atoms with Gasteiger partial charge in [0.1, 0.15) is 5.60 Å². The fraction of sp³-hybridized carbons (Fsp3) is 0.533. The number of nitrogen functional groups attached to an aromatic ring is 1. The first-order chi connectivity index (χ1) is 12.5. The van der Waals surface area contributed by atoms with Crippen molar-refractivity contribution in [1.29, 1.82) is 0 Å². The van der Waals surface area contributed by atoms with Gasteiger partial charge < -0.3 is 20.5 Å². The number of aromatic nitrogens is 4. The summed E-state index contributed by atoms with van der Waals surface area (Å²) in [6, 6.07) is 0. The van der Waals surface area contributed by atoms with Gasteiger partial charge >= 0.3 is 0 Å². The fourth-order valence-electron chi connectivity index (χ4n) is 2.85. The van der Waals surface area contributed by atoms with Gasteiger partial charge in [-0.2, -0.15) is 15.0 Å². The Balaban J connectivity index is 1.50. The Kier molecular flexibility index (Phi) is 4.42. The van der Waals surface area contributed by atoms with Crippen LogP contribution in [0.5, 0.6) is 0 Å². The second-order valence-electron chi connectivity index (χ2n) is 6.29. The summed E-state index contributed by atoms with van der Waals surface area (Å²) in [5.74, 6) is -0.252. The van der Waals surface area contributed by atoms with Crippen molar-refractivity contribution in [3.63, 3.8) is 0 Å². The number of nitrogens with two attached hydrogens (primary N) is 1. The SMILES string of the molecule is Nc1nc(C(=O)Nc2ncc(C3(O)CCC3)s2)nc(N2CCOCC2)n1. The Morgan fingerprint density at radius 1 is 1.31 bits per heavy atom. The van der Waals surface area contributed by atoms with E-state index in [1.54, 1.807) is 6.20 Å². The zero-order valence-corrected chi connectivity index (χ0v) is 14.8. The quantitative estimate of drug-likeness (QED) is 0.689. The number of rotatable bonds is 4. The molecule has 0 aromatic carbocycles. The molecule has 0 bridgehead atoms. The highest BCUT2D eigenvalue weighted by molar-refractivity contribution is 7.15. The van der Waals surface area contributed by atoms with Gasteiger partial charge in [-0.1, -0.05) is 11.3 Å². The van der Waals surface area contributed by atoms with Crippen LogP contribution in [0, 0.1) is 0 Å². The molecule has 1 aliphatic heterocycles. The summed E-state index contributed by atoms with van der Waals surface area (Å²) in [4.78, 5) is 31.5. The van der Waals surface area contributed by atoms with E-state index in [2.05, 4.69) is 25.3 Å². The largest absolute Gasteiger partial charge is 0.384 e. The molecule has 0 spiro atoms. The maximum absolute atomic E-state index is 12.5. The van der Waals surface area contributed by atoms with E-state index in [1.165, 1.54) is 11.3 Å². The third-order valence-electron chi connectivity index (χ3n) is 4.50. The van der Waals surface area contributed by atoms with E-state index in [4.69, 9.17) is 10.5 Å². The number of hydrogen-bond acceptors (Lipinski definition) is 10. The number of hydrogen-bond donors (Lipinski definition) is 3. The summed E-state index contributed by atoms with van der Waals surface area (Å²) in [7, 11) is 0. The molecule has 11 heteroatoms. The smallest absolute Gasteiger partial charge is 0.295 e. The lowest BCUT2D eigenvalue weighted by Gasteiger charge is -2.35. The van der Waals surface area contributed by atoms with Gasteiger partial charge in [-0.3, -0.25) is 10.1 Å². The average molecular weight is 377 g/mol. The number of nitrogens with zero attached hydrogens (tertiary/aromatic N) is 5. The van der Waals surface area contributed by atoms with E-state index in [0.717, 1.165) is 24.1 Å². The lowest BCUT2D eigenvalue weighted by Crippen LogP contribution is -2.38. The van der Waals surface area contributed by atoms with Crippen molar-refractivity contribution in [1.82, 2.24) is 19.9 Å². The van der Waals surface area contributed by atoms with Crippen molar-refractivity contribution in [2.75, 3.05) is 42.3 Å². The second kappa shape index (κ2) is 6.74.